The predicted octanol–water partition coefficient (Wildman–Crippen LogP) is 3.95. The summed E-state index contributed by atoms with van der Waals surface area (Å²) in [5, 5.41) is 18.2. The van der Waals surface area contributed by atoms with Gasteiger partial charge in [0, 0.05) is 35.3 Å². The number of nitrogens with zero attached hydrogens (tertiary/aromatic N) is 2. The molecule has 2 heterocycles. The quantitative estimate of drug-likeness (QED) is 0.478. The molecule has 6 heteroatoms. The van der Waals surface area contributed by atoms with Crippen molar-refractivity contribution in [3.05, 3.63) is 71.4 Å². The molecule has 130 valence electrons. The van der Waals surface area contributed by atoms with Crippen LogP contribution in [0, 0.1) is 0 Å². The summed E-state index contributed by atoms with van der Waals surface area (Å²) in [5.41, 5.74) is 3.64. The highest BCUT2D eigenvalue weighted by Crippen LogP contribution is 2.26. The topological polar surface area (TPSA) is 86.3 Å². The molecule has 0 unspecified atom stereocenters. The molecule has 0 aliphatic heterocycles. The van der Waals surface area contributed by atoms with Gasteiger partial charge in [-0.25, -0.2) is 4.99 Å². The van der Waals surface area contributed by atoms with Crippen LogP contribution < -0.4 is 4.74 Å². The molecular formula is C20H18N4O2. The highest BCUT2D eigenvalue weighted by molar-refractivity contribution is 6.02. The molecule has 0 bridgehead atoms. The van der Waals surface area contributed by atoms with Crippen molar-refractivity contribution in [3.63, 3.8) is 0 Å². The van der Waals surface area contributed by atoms with Gasteiger partial charge in [-0.2, -0.15) is 5.10 Å². The van der Waals surface area contributed by atoms with Crippen LogP contribution in [0.3, 0.4) is 0 Å². The SMILES string of the molecule is COc1ccc(Cc2cc(N=Cc3c(O)[nH]c4ccccc34)n[nH]2)cc1. The molecule has 0 fully saturated rings. The number of hydrogen-bond acceptors (Lipinski definition) is 4. The van der Waals surface area contributed by atoms with E-state index in [4.69, 9.17) is 4.74 Å². The van der Waals surface area contributed by atoms with Crippen LogP contribution in [0.15, 0.2) is 59.6 Å². The van der Waals surface area contributed by atoms with Gasteiger partial charge in [0.1, 0.15) is 5.75 Å². The van der Waals surface area contributed by atoms with Gasteiger partial charge in [0.15, 0.2) is 11.7 Å². The monoisotopic (exact) mass is 346 g/mol. The summed E-state index contributed by atoms with van der Waals surface area (Å²) in [5.74, 6) is 1.50. The van der Waals surface area contributed by atoms with E-state index in [9.17, 15) is 5.11 Å². The summed E-state index contributed by atoms with van der Waals surface area (Å²) >= 11 is 0. The Morgan fingerprint density at radius 3 is 2.77 bits per heavy atom. The smallest absolute Gasteiger partial charge is 0.198 e. The maximum Gasteiger partial charge on any atom is 0.198 e. The first-order valence-electron chi connectivity index (χ1n) is 8.24. The summed E-state index contributed by atoms with van der Waals surface area (Å²) in [6.07, 6.45) is 2.35. The number of para-hydroxylation sites is 1. The summed E-state index contributed by atoms with van der Waals surface area (Å²) in [6.45, 7) is 0. The van der Waals surface area contributed by atoms with E-state index in [0.29, 0.717) is 11.4 Å². The van der Waals surface area contributed by atoms with Gasteiger partial charge in [0.2, 0.25) is 0 Å². The lowest BCUT2D eigenvalue weighted by Gasteiger charge is -2.01. The lowest BCUT2D eigenvalue weighted by atomic mass is 10.1. The molecule has 0 amide bonds. The Kier molecular flexibility index (Phi) is 4.15. The number of aromatic nitrogens is 3. The van der Waals surface area contributed by atoms with Gasteiger partial charge in [0.25, 0.3) is 0 Å². The molecule has 4 aromatic rings. The Morgan fingerprint density at radius 1 is 1.15 bits per heavy atom. The first-order valence-corrected chi connectivity index (χ1v) is 8.24. The number of aliphatic imine (C=N–C) groups is 1. The minimum atomic E-state index is 0.101. The Hall–Kier alpha value is -3.54. The Labute approximate surface area is 150 Å². The molecular weight excluding hydrogens is 328 g/mol. The van der Waals surface area contributed by atoms with Gasteiger partial charge in [-0.3, -0.25) is 5.10 Å². The zero-order valence-corrected chi connectivity index (χ0v) is 14.2. The Morgan fingerprint density at radius 2 is 1.96 bits per heavy atom. The van der Waals surface area contributed by atoms with E-state index in [1.807, 2.05) is 54.6 Å². The van der Waals surface area contributed by atoms with E-state index < -0.39 is 0 Å². The van der Waals surface area contributed by atoms with Crippen molar-refractivity contribution in [1.29, 1.82) is 0 Å². The van der Waals surface area contributed by atoms with Gasteiger partial charge in [0.05, 0.1) is 12.7 Å². The average molecular weight is 346 g/mol. The van der Waals surface area contributed by atoms with Gasteiger partial charge in [-0.05, 0) is 23.8 Å². The van der Waals surface area contributed by atoms with Gasteiger partial charge >= 0.3 is 0 Å². The average Bonchev–Trinajstić information content (AvgIpc) is 3.24. The number of aromatic hydroxyl groups is 1. The first kappa shape index (κ1) is 16.0. The van der Waals surface area contributed by atoms with E-state index >= 15 is 0 Å². The molecule has 0 saturated carbocycles. The third-order valence-electron chi connectivity index (χ3n) is 4.22. The molecule has 2 aromatic carbocycles. The summed E-state index contributed by atoms with van der Waals surface area (Å²) in [7, 11) is 1.65. The highest BCUT2D eigenvalue weighted by atomic mass is 16.5. The van der Waals surface area contributed by atoms with E-state index in [2.05, 4.69) is 20.2 Å². The maximum absolute atomic E-state index is 10.1. The van der Waals surface area contributed by atoms with Crippen LogP contribution >= 0.6 is 0 Å². The third kappa shape index (κ3) is 3.17. The fourth-order valence-corrected chi connectivity index (χ4v) is 2.88. The number of hydrogen-bond donors (Lipinski definition) is 3. The van der Waals surface area contributed by atoms with Crippen LogP contribution in [0.5, 0.6) is 11.6 Å². The fraction of sp³-hybridized carbons (Fsp3) is 0.100. The van der Waals surface area contributed by atoms with E-state index in [1.54, 1.807) is 13.3 Å². The molecule has 0 saturated heterocycles. The number of H-pyrrole nitrogens is 2. The number of benzene rings is 2. The van der Waals surface area contributed by atoms with Gasteiger partial charge in [-0.1, -0.05) is 30.3 Å². The van der Waals surface area contributed by atoms with E-state index in [-0.39, 0.29) is 5.88 Å². The second kappa shape index (κ2) is 6.76. The number of aromatic amines is 2. The number of methoxy groups -OCH3 is 1. The lowest BCUT2D eigenvalue weighted by Crippen LogP contribution is -1.89. The molecule has 0 aliphatic carbocycles. The zero-order chi connectivity index (χ0) is 17.9. The van der Waals surface area contributed by atoms with Crippen LogP contribution in [0.25, 0.3) is 10.9 Å². The Bertz CT molecular complexity index is 1060. The summed E-state index contributed by atoms with van der Waals surface area (Å²) in [4.78, 5) is 7.32. The van der Waals surface area contributed by atoms with Gasteiger partial charge in [-0.15, -0.1) is 0 Å². The molecule has 0 radical (unpaired) electrons. The number of fused-ring (bicyclic) bond motifs is 1. The molecule has 0 spiro atoms. The largest absolute Gasteiger partial charge is 0.497 e. The van der Waals surface area contributed by atoms with Crippen molar-refractivity contribution in [2.24, 2.45) is 4.99 Å². The molecule has 26 heavy (non-hydrogen) atoms. The van der Waals surface area contributed by atoms with Gasteiger partial charge < -0.3 is 14.8 Å². The standard InChI is InChI=1S/C20H18N4O2/c1-26-15-8-6-13(7-9-15)10-14-11-19(24-23-14)21-12-17-16-4-2-3-5-18(16)22-20(17)25/h2-9,11-12,22,25H,10H2,1H3,(H,23,24). The molecule has 6 nitrogen and oxygen atoms in total. The predicted molar refractivity (Wildman–Crippen MR) is 102 cm³/mol. The van der Waals surface area contributed by atoms with Crippen molar-refractivity contribution >= 4 is 22.9 Å². The summed E-state index contributed by atoms with van der Waals surface area (Å²) < 4.78 is 5.17. The van der Waals surface area contributed by atoms with Crippen LogP contribution in [0.1, 0.15) is 16.8 Å². The van der Waals surface area contributed by atoms with Crippen molar-refractivity contribution in [1.82, 2.24) is 15.2 Å². The van der Waals surface area contributed by atoms with Crippen LogP contribution in [0.2, 0.25) is 0 Å². The van der Waals surface area contributed by atoms with E-state index in [1.165, 1.54) is 0 Å². The van der Waals surface area contributed by atoms with Crippen LogP contribution in [-0.4, -0.2) is 33.6 Å². The Balaban J connectivity index is 1.52. The van der Waals surface area contributed by atoms with Crippen molar-refractivity contribution < 1.29 is 9.84 Å². The highest BCUT2D eigenvalue weighted by Gasteiger charge is 2.08. The number of rotatable bonds is 5. The summed E-state index contributed by atoms with van der Waals surface area (Å²) in [6, 6.07) is 17.5. The normalized spacial score (nSPS) is 11.4. The van der Waals surface area contributed by atoms with Crippen molar-refractivity contribution in [2.75, 3.05) is 7.11 Å². The minimum absolute atomic E-state index is 0.101. The lowest BCUT2D eigenvalue weighted by molar-refractivity contribution is 0.414. The first-order chi connectivity index (χ1) is 12.7. The number of nitrogens with one attached hydrogen (secondary N) is 2. The fourth-order valence-electron chi connectivity index (χ4n) is 2.88. The molecule has 2 aromatic heterocycles. The molecule has 4 rings (SSSR count). The number of ether oxygens (including phenoxy) is 1. The van der Waals surface area contributed by atoms with Crippen LogP contribution in [0.4, 0.5) is 5.82 Å². The zero-order valence-electron chi connectivity index (χ0n) is 14.2. The van der Waals surface area contributed by atoms with Crippen LogP contribution in [-0.2, 0) is 6.42 Å². The second-order valence-corrected chi connectivity index (χ2v) is 5.97. The molecule has 3 N–H and O–H groups in total. The maximum atomic E-state index is 10.1. The van der Waals surface area contributed by atoms with Crippen molar-refractivity contribution in [2.45, 2.75) is 6.42 Å². The van der Waals surface area contributed by atoms with E-state index in [0.717, 1.165) is 34.3 Å². The molecule has 0 aliphatic rings. The molecule has 0 atom stereocenters. The second-order valence-electron chi connectivity index (χ2n) is 5.97. The minimum Gasteiger partial charge on any atom is -0.497 e. The third-order valence-corrected chi connectivity index (χ3v) is 4.22. The van der Waals surface area contributed by atoms with Crippen molar-refractivity contribution in [3.8, 4) is 11.6 Å².